The number of hydrogen-bond acceptors (Lipinski definition) is 2. The number of nitrogens with one attached hydrogen (secondary N) is 1. The second-order valence-corrected chi connectivity index (χ2v) is 7.25. The fourth-order valence-corrected chi connectivity index (χ4v) is 3.93. The van der Waals surface area contributed by atoms with Gasteiger partial charge in [-0.2, -0.15) is 0 Å². The van der Waals surface area contributed by atoms with Crippen molar-refractivity contribution in [1.29, 1.82) is 0 Å². The Hall–Kier alpha value is -1.81. The molecule has 4 nitrogen and oxygen atoms in total. The van der Waals surface area contributed by atoms with E-state index in [0.29, 0.717) is 18.9 Å². The molecule has 1 fully saturated rings. The highest BCUT2D eigenvalue weighted by Crippen LogP contribution is 2.33. The van der Waals surface area contributed by atoms with Crippen molar-refractivity contribution in [3.8, 4) is 0 Å². The first-order chi connectivity index (χ1) is 11.5. The van der Waals surface area contributed by atoms with Crippen molar-refractivity contribution in [2.45, 2.75) is 58.1 Å². The summed E-state index contributed by atoms with van der Waals surface area (Å²) in [6, 6.07) is 8.19. The number of hydrogen-bond donors (Lipinski definition) is 2. The summed E-state index contributed by atoms with van der Waals surface area (Å²) in [6.45, 7) is 5.18. The summed E-state index contributed by atoms with van der Waals surface area (Å²) in [6.07, 6.45) is 6.92. The van der Waals surface area contributed by atoms with E-state index in [2.05, 4.69) is 35.1 Å². The minimum absolute atomic E-state index is 0.0210. The van der Waals surface area contributed by atoms with E-state index in [1.54, 1.807) is 0 Å². The fraction of sp³-hybridized carbons (Fsp3) is 0.550. The number of carbonyl (C=O) groups is 1. The molecule has 1 aromatic carbocycles. The Morgan fingerprint density at radius 1 is 1.33 bits per heavy atom. The third-order valence-electron chi connectivity index (χ3n) is 5.44. The van der Waals surface area contributed by atoms with Crippen LogP contribution in [0.4, 0.5) is 0 Å². The van der Waals surface area contributed by atoms with E-state index in [0.717, 1.165) is 30.3 Å². The molecule has 1 aromatic heterocycles. The molecule has 1 saturated carbocycles. The van der Waals surface area contributed by atoms with Crippen LogP contribution in [0.2, 0.25) is 0 Å². The molecule has 2 N–H and O–H groups in total. The Kier molecular flexibility index (Phi) is 4.95. The monoisotopic (exact) mass is 328 g/mol. The lowest BCUT2D eigenvalue weighted by molar-refractivity contribution is -0.122. The van der Waals surface area contributed by atoms with Gasteiger partial charge >= 0.3 is 0 Å². The predicted molar refractivity (Wildman–Crippen MR) is 96.9 cm³/mol. The van der Waals surface area contributed by atoms with E-state index < -0.39 is 5.60 Å². The SMILES string of the molecule is CCn1cc(CC(=O)NCC(C)(O)C2CCCC2)c2ccccc21. The Labute approximate surface area is 143 Å². The molecule has 24 heavy (non-hydrogen) atoms. The minimum atomic E-state index is -0.802. The van der Waals surface area contributed by atoms with E-state index >= 15 is 0 Å². The summed E-state index contributed by atoms with van der Waals surface area (Å²) in [5, 5.41) is 14.7. The number of carbonyl (C=O) groups excluding carboxylic acids is 1. The van der Waals surface area contributed by atoms with Crippen molar-refractivity contribution in [1.82, 2.24) is 9.88 Å². The molecule has 0 bridgehead atoms. The van der Waals surface area contributed by atoms with Crippen molar-refractivity contribution in [3.05, 3.63) is 36.0 Å². The van der Waals surface area contributed by atoms with E-state index in [1.807, 2.05) is 19.1 Å². The molecule has 0 spiro atoms. The van der Waals surface area contributed by atoms with Crippen LogP contribution in [0.5, 0.6) is 0 Å². The highest BCUT2D eigenvalue weighted by Gasteiger charge is 2.34. The van der Waals surface area contributed by atoms with Crippen molar-refractivity contribution in [2.75, 3.05) is 6.54 Å². The Balaban J connectivity index is 1.65. The van der Waals surface area contributed by atoms with E-state index in [1.165, 1.54) is 18.4 Å². The summed E-state index contributed by atoms with van der Waals surface area (Å²) in [4.78, 5) is 12.4. The second-order valence-electron chi connectivity index (χ2n) is 7.25. The molecule has 1 aliphatic rings. The molecule has 1 aliphatic carbocycles. The lowest BCUT2D eigenvalue weighted by Gasteiger charge is -2.30. The Morgan fingerprint density at radius 3 is 2.75 bits per heavy atom. The summed E-state index contributed by atoms with van der Waals surface area (Å²) >= 11 is 0. The average Bonchev–Trinajstić information content (AvgIpc) is 3.22. The summed E-state index contributed by atoms with van der Waals surface area (Å²) in [5.41, 5.74) is 1.41. The molecule has 3 rings (SSSR count). The molecule has 0 saturated heterocycles. The first kappa shape index (κ1) is 17.0. The normalized spacial score (nSPS) is 18.0. The zero-order valence-electron chi connectivity index (χ0n) is 14.7. The van der Waals surface area contributed by atoms with Gasteiger partial charge in [0.1, 0.15) is 0 Å². The topological polar surface area (TPSA) is 54.3 Å². The van der Waals surface area contributed by atoms with Gasteiger partial charge in [0.15, 0.2) is 0 Å². The second kappa shape index (κ2) is 6.98. The van der Waals surface area contributed by atoms with Crippen LogP contribution in [-0.4, -0.2) is 27.7 Å². The number of aliphatic hydroxyl groups is 1. The van der Waals surface area contributed by atoms with Gasteiger partial charge in [-0.1, -0.05) is 31.0 Å². The highest BCUT2D eigenvalue weighted by molar-refractivity contribution is 5.89. The Bertz CT molecular complexity index is 711. The van der Waals surface area contributed by atoms with E-state index in [9.17, 15) is 9.90 Å². The molecule has 1 atom stereocenters. The van der Waals surface area contributed by atoms with Crippen LogP contribution in [0.1, 0.15) is 45.1 Å². The molecule has 0 aliphatic heterocycles. The summed E-state index contributed by atoms with van der Waals surface area (Å²) < 4.78 is 2.17. The number of para-hydroxylation sites is 1. The maximum absolute atomic E-state index is 12.4. The van der Waals surface area contributed by atoms with Gasteiger partial charge in [-0.25, -0.2) is 0 Å². The lowest BCUT2D eigenvalue weighted by Crippen LogP contribution is -2.45. The van der Waals surface area contributed by atoms with Crippen molar-refractivity contribution in [3.63, 3.8) is 0 Å². The average molecular weight is 328 g/mol. The molecular formula is C20H28N2O2. The minimum Gasteiger partial charge on any atom is -0.388 e. The maximum atomic E-state index is 12.4. The highest BCUT2D eigenvalue weighted by atomic mass is 16.3. The summed E-state index contributed by atoms with van der Waals surface area (Å²) in [7, 11) is 0. The standard InChI is InChI=1S/C20H28N2O2/c1-3-22-13-15(17-10-6-7-11-18(17)22)12-19(23)21-14-20(2,24)16-8-4-5-9-16/h6-7,10-11,13,16,24H,3-5,8-9,12,14H2,1-2H3,(H,21,23). The first-order valence-electron chi connectivity index (χ1n) is 9.07. The van der Waals surface area contributed by atoms with Crippen LogP contribution in [-0.2, 0) is 17.8 Å². The smallest absolute Gasteiger partial charge is 0.224 e. The Morgan fingerprint density at radius 2 is 2.04 bits per heavy atom. The van der Waals surface area contributed by atoms with Gasteiger partial charge in [-0.15, -0.1) is 0 Å². The van der Waals surface area contributed by atoms with Crippen LogP contribution in [0, 0.1) is 5.92 Å². The van der Waals surface area contributed by atoms with Gasteiger partial charge in [0.05, 0.1) is 12.0 Å². The molecule has 1 heterocycles. The number of aromatic nitrogens is 1. The number of rotatable bonds is 6. The zero-order chi connectivity index (χ0) is 17.2. The molecule has 4 heteroatoms. The van der Waals surface area contributed by atoms with Crippen LogP contribution < -0.4 is 5.32 Å². The number of benzene rings is 1. The quantitative estimate of drug-likeness (QED) is 0.855. The van der Waals surface area contributed by atoms with Gasteiger partial charge in [-0.3, -0.25) is 4.79 Å². The molecule has 130 valence electrons. The third kappa shape index (κ3) is 3.48. The fourth-order valence-electron chi connectivity index (χ4n) is 3.93. The predicted octanol–water partition coefficient (Wildman–Crippen LogP) is 3.26. The van der Waals surface area contributed by atoms with Crippen molar-refractivity contribution >= 4 is 16.8 Å². The van der Waals surface area contributed by atoms with E-state index in [4.69, 9.17) is 0 Å². The van der Waals surface area contributed by atoms with Gasteiger partial charge in [-0.05, 0) is 44.2 Å². The van der Waals surface area contributed by atoms with Crippen LogP contribution in [0.25, 0.3) is 10.9 Å². The maximum Gasteiger partial charge on any atom is 0.224 e. The van der Waals surface area contributed by atoms with Crippen molar-refractivity contribution in [2.24, 2.45) is 5.92 Å². The van der Waals surface area contributed by atoms with Gasteiger partial charge < -0.3 is 15.0 Å². The zero-order valence-corrected chi connectivity index (χ0v) is 14.7. The largest absolute Gasteiger partial charge is 0.388 e. The van der Waals surface area contributed by atoms with Crippen LogP contribution >= 0.6 is 0 Å². The number of amides is 1. The van der Waals surface area contributed by atoms with Gasteiger partial charge in [0.2, 0.25) is 5.91 Å². The molecule has 2 aromatic rings. The van der Waals surface area contributed by atoms with Gasteiger partial charge in [0.25, 0.3) is 0 Å². The molecule has 1 amide bonds. The lowest BCUT2D eigenvalue weighted by atomic mass is 9.87. The number of fused-ring (bicyclic) bond motifs is 1. The third-order valence-corrected chi connectivity index (χ3v) is 5.44. The molecule has 0 radical (unpaired) electrons. The first-order valence-corrected chi connectivity index (χ1v) is 9.07. The van der Waals surface area contributed by atoms with E-state index in [-0.39, 0.29) is 5.91 Å². The van der Waals surface area contributed by atoms with Crippen LogP contribution in [0.15, 0.2) is 30.5 Å². The molecular weight excluding hydrogens is 300 g/mol. The summed E-state index contributed by atoms with van der Waals surface area (Å²) in [5.74, 6) is 0.284. The number of aryl methyl sites for hydroxylation is 1. The van der Waals surface area contributed by atoms with Gasteiger partial charge in [0, 0.05) is 30.2 Å². The van der Waals surface area contributed by atoms with Crippen molar-refractivity contribution < 1.29 is 9.90 Å². The number of nitrogens with zero attached hydrogens (tertiary/aromatic N) is 1. The molecule has 1 unspecified atom stereocenters. The van der Waals surface area contributed by atoms with Crippen LogP contribution in [0.3, 0.4) is 0 Å².